The summed E-state index contributed by atoms with van der Waals surface area (Å²) in [6.07, 6.45) is 22.1. The standard InChI is InChI=1S/C22H42O4/c1-2-3-4-5-6-7-8-9-10-11-12-13-14-15-16-17-18-19-20(23)21(24)22(25)26/h23-24H,2-19H2,1H3,(H,25,26)/b21-20+. The Morgan fingerprint density at radius 1 is 0.538 bits per heavy atom. The summed E-state index contributed by atoms with van der Waals surface area (Å²) in [4.78, 5) is 10.5. The number of unbranched alkanes of at least 4 members (excludes halogenated alkanes) is 16. The van der Waals surface area contributed by atoms with Gasteiger partial charge >= 0.3 is 5.97 Å². The Bertz CT molecular complexity index is 363. The van der Waals surface area contributed by atoms with Crippen molar-refractivity contribution in [3.8, 4) is 0 Å². The normalized spacial score (nSPS) is 12.2. The number of aliphatic hydroxyl groups excluding tert-OH is 2. The van der Waals surface area contributed by atoms with Gasteiger partial charge in [-0.05, 0) is 6.42 Å². The molecule has 0 bridgehead atoms. The molecule has 0 saturated heterocycles. The van der Waals surface area contributed by atoms with Gasteiger partial charge in [-0.2, -0.15) is 0 Å². The zero-order chi connectivity index (χ0) is 19.5. The van der Waals surface area contributed by atoms with Crippen molar-refractivity contribution in [1.29, 1.82) is 0 Å². The minimum Gasteiger partial charge on any atom is -0.508 e. The van der Waals surface area contributed by atoms with Crippen molar-refractivity contribution in [2.24, 2.45) is 0 Å². The Balaban J connectivity index is 3.20. The third kappa shape index (κ3) is 16.3. The Hall–Kier alpha value is -1.19. The molecule has 0 fully saturated rings. The van der Waals surface area contributed by atoms with E-state index >= 15 is 0 Å². The Labute approximate surface area is 160 Å². The molecular weight excluding hydrogens is 328 g/mol. The van der Waals surface area contributed by atoms with Crippen molar-refractivity contribution in [3.05, 3.63) is 11.5 Å². The number of allylic oxidation sites excluding steroid dienone is 1. The van der Waals surface area contributed by atoms with Crippen molar-refractivity contribution in [2.45, 2.75) is 122 Å². The first kappa shape index (κ1) is 24.8. The quantitative estimate of drug-likeness (QED) is 0.125. The third-order valence-electron chi connectivity index (χ3n) is 4.99. The maximum absolute atomic E-state index is 10.5. The van der Waals surface area contributed by atoms with Gasteiger partial charge in [-0.1, -0.05) is 110 Å². The maximum atomic E-state index is 10.5. The second-order valence-electron chi connectivity index (χ2n) is 7.51. The van der Waals surface area contributed by atoms with Crippen LogP contribution in [0.1, 0.15) is 122 Å². The lowest BCUT2D eigenvalue weighted by atomic mass is 10.0. The first-order valence-electron chi connectivity index (χ1n) is 10.9. The van der Waals surface area contributed by atoms with Crippen LogP contribution in [0.4, 0.5) is 0 Å². The first-order valence-corrected chi connectivity index (χ1v) is 10.9. The molecular formula is C22H42O4. The molecule has 0 radical (unpaired) electrons. The number of hydrogen-bond acceptors (Lipinski definition) is 3. The molecule has 154 valence electrons. The predicted octanol–water partition coefficient (Wildman–Crippen LogP) is 7.44. The summed E-state index contributed by atoms with van der Waals surface area (Å²) in [5, 5.41) is 27.0. The second kappa shape index (κ2) is 18.6. The summed E-state index contributed by atoms with van der Waals surface area (Å²) in [6, 6.07) is 0. The van der Waals surface area contributed by atoms with Crippen molar-refractivity contribution in [2.75, 3.05) is 0 Å². The number of carbonyl (C=O) groups is 1. The van der Waals surface area contributed by atoms with Crippen molar-refractivity contribution >= 4 is 5.97 Å². The number of aliphatic carboxylic acids is 1. The van der Waals surface area contributed by atoms with Crippen LogP contribution in [0.15, 0.2) is 11.5 Å². The van der Waals surface area contributed by atoms with E-state index < -0.39 is 17.5 Å². The van der Waals surface area contributed by atoms with E-state index in [2.05, 4.69) is 6.92 Å². The summed E-state index contributed by atoms with van der Waals surface area (Å²) in [7, 11) is 0. The van der Waals surface area contributed by atoms with Crippen molar-refractivity contribution in [1.82, 2.24) is 0 Å². The second-order valence-corrected chi connectivity index (χ2v) is 7.51. The topological polar surface area (TPSA) is 77.8 Å². The molecule has 0 saturated carbocycles. The molecule has 0 aliphatic rings. The summed E-state index contributed by atoms with van der Waals surface area (Å²) >= 11 is 0. The molecule has 3 N–H and O–H groups in total. The highest BCUT2D eigenvalue weighted by atomic mass is 16.4. The lowest BCUT2D eigenvalue weighted by Gasteiger charge is -2.04. The number of hydrogen-bond donors (Lipinski definition) is 3. The van der Waals surface area contributed by atoms with E-state index in [1.54, 1.807) is 0 Å². The van der Waals surface area contributed by atoms with Crippen LogP contribution in [0.3, 0.4) is 0 Å². The number of rotatable bonds is 19. The molecule has 4 nitrogen and oxygen atoms in total. The molecule has 0 rings (SSSR count). The summed E-state index contributed by atoms with van der Waals surface area (Å²) < 4.78 is 0. The molecule has 0 unspecified atom stereocenters. The van der Waals surface area contributed by atoms with E-state index in [9.17, 15) is 9.90 Å². The Morgan fingerprint density at radius 2 is 0.846 bits per heavy atom. The highest BCUT2D eigenvalue weighted by molar-refractivity contribution is 5.84. The van der Waals surface area contributed by atoms with E-state index in [1.807, 2.05) is 0 Å². The van der Waals surface area contributed by atoms with Crippen LogP contribution in [-0.2, 0) is 4.79 Å². The van der Waals surface area contributed by atoms with Crippen molar-refractivity contribution in [3.63, 3.8) is 0 Å². The molecule has 0 amide bonds. The van der Waals surface area contributed by atoms with Gasteiger partial charge in [0.1, 0.15) is 5.76 Å². The molecule has 0 aromatic carbocycles. The molecule has 26 heavy (non-hydrogen) atoms. The van der Waals surface area contributed by atoms with Gasteiger partial charge in [0, 0.05) is 6.42 Å². The van der Waals surface area contributed by atoms with E-state index in [-0.39, 0.29) is 6.42 Å². The molecule has 0 aromatic rings. The van der Waals surface area contributed by atoms with Crippen LogP contribution in [-0.4, -0.2) is 21.3 Å². The average Bonchev–Trinajstić information content (AvgIpc) is 2.63. The van der Waals surface area contributed by atoms with Crippen molar-refractivity contribution < 1.29 is 20.1 Å². The summed E-state index contributed by atoms with van der Waals surface area (Å²) in [5.41, 5.74) is 0. The predicted molar refractivity (Wildman–Crippen MR) is 109 cm³/mol. The smallest absolute Gasteiger partial charge is 0.374 e. The highest BCUT2D eigenvalue weighted by Gasteiger charge is 2.10. The highest BCUT2D eigenvalue weighted by Crippen LogP contribution is 2.15. The summed E-state index contributed by atoms with van der Waals surface area (Å²) in [5.74, 6) is -2.78. The lowest BCUT2D eigenvalue weighted by molar-refractivity contribution is -0.135. The summed E-state index contributed by atoms with van der Waals surface area (Å²) in [6.45, 7) is 2.26. The number of aliphatic hydroxyl groups is 2. The van der Waals surface area contributed by atoms with Gasteiger partial charge in [-0.3, -0.25) is 0 Å². The molecule has 4 heteroatoms. The largest absolute Gasteiger partial charge is 0.508 e. The fraction of sp³-hybridized carbons (Fsp3) is 0.864. The molecule has 0 heterocycles. The monoisotopic (exact) mass is 370 g/mol. The third-order valence-corrected chi connectivity index (χ3v) is 4.99. The van der Waals surface area contributed by atoms with Gasteiger partial charge in [0.25, 0.3) is 0 Å². The van der Waals surface area contributed by atoms with Crippen LogP contribution >= 0.6 is 0 Å². The van der Waals surface area contributed by atoms with Crippen LogP contribution in [0.5, 0.6) is 0 Å². The van der Waals surface area contributed by atoms with Gasteiger partial charge in [0.05, 0.1) is 0 Å². The Kier molecular flexibility index (Phi) is 17.7. The SMILES string of the molecule is CCCCCCCCCCCCCCCCCCC/C(O)=C(\O)C(=O)O. The van der Waals surface area contributed by atoms with Crippen LogP contribution in [0, 0.1) is 0 Å². The molecule has 0 spiro atoms. The molecule has 0 aliphatic carbocycles. The average molecular weight is 371 g/mol. The number of carboxylic acid groups (broad SMARTS) is 1. The van der Waals surface area contributed by atoms with Gasteiger partial charge in [-0.15, -0.1) is 0 Å². The van der Waals surface area contributed by atoms with Gasteiger partial charge in [0.2, 0.25) is 5.76 Å². The zero-order valence-corrected chi connectivity index (χ0v) is 17.0. The van der Waals surface area contributed by atoms with E-state index in [0.717, 1.165) is 19.3 Å². The number of carboxylic acids is 1. The van der Waals surface area contributed by atoms with Crippen LogP contribution in [0.25, 0.3) is 0 Å². The maximum Gasteiger partial charge on any atom is 0.374 e. The first-order chi connectivity index (χ1) is 12.6. The van der Waals surface area contributed by atoms with Crippen LogP contribution in [0.2, 0.25) is 0 Å². The molecule has 0 atom stereocenters. The minimum absolute atomic E-state index is 0.247. The van der Waals surface area contributed by atoms with E-state index in [0.29, 0.717) is 0 Å². The molecule has 0 aliphatic heterocycles. The van der Waals surface area contributed by atoms with Gasteiger partial charge in [-0.25, -0.2) is 4.79 Å². The van der Waals surface area contributed by atoms with E-state index in [1.165, 1.54) is 89.9 Å². The van der Waals surface area contributed by atoms with E-state index in [4.69, 9.17) is 10.2 Å². The van der Waals surface area contributed by atoms with Gasteiger partial charge < -0.3 is 15.3 Å². The van der Waals surface area contributed by atoms with Crippen LogP contribution < -0.4 is 0 Å². The Morgan fingerprint density at radius 3 is 1.15 bits per heavy atom. The fourth-order valence-electron chi connectivity index (χ4n) is 3.26. The van der Waals surface area contributed by atoms with Gasteiger partial charge in [0.15, 0.2) is 0 Å². The zero-order valence-electron chi connectivity index (χ0n) is 17.0. The minimum atomic E-state index is -1.46. The fourth-order valence-corrected chi connectivity index (χ4v) is 3.26. The molecule has 0 aromatic heterocycles. The lowest BCUT2D eigenvalue weighted by Crippen LogP contribution is -2.03.